The van der Waals surface area contributed by atoms with Crippen molar-refractivity contribution in [1.29, 1.82) is 0 Å². The zero-order valence-electron chi connectivity index (χ0n) is 11.3. The van der Waals surface area contributed by atoms with Gasteiger partial charge in [-0.25, -0.2) is 0 Å². The Labute approximate surface area is 113 Å². The van der Waals surface area contributed by atoms with Crippen molar-refractivity contribution in [3.63, 3.8) is 0 Å². The molecule has 4 heteroatoms. The normalized spacial score (nSPS) is 11.2. The predicted molar refractivity (Wildman–Crippen MR) is 75.1 cm³/mol. The summed E-state index contributed by atoms with van der Waals surface area (Å²) in [5.74, 6) is -0.210. The average Bonchev–Trinajstić information content (AvgIpc) is 2.18. The minimum absolute atomic E-state index is 0.210. The molecule has 0 aliphatic rings. The fraction of sp³-hybridized carbons (Fsp3) is 0.500. The monoisotopic (exact) mass is 269 g/mol. The summed E-state index contributed by atoms with van der Waals surface area (Å²) < 4.78 is 5.21. The van der Waals surface area contributed by atoms with E-state index in [-0.39, 0.29) is 5.97 Å². The number of carbonyl (C=O) groups is 1. The lowest BCUT2D eigenvalue weighted by Crippen LogP contribution is -2.25. The number of benzene rings is 1. The molecule has 0 fully saturated rings. The molecule has 0 amide bonds. The minimum atomic E-state index is -0.432. The number of rotatable bonds is 4. The van der Waals surface area contributed by atoms with E-state index in [1.165, 1.54) is 0 Å². The molecular weight excluding hydrogens is 250 g/mol. The van der Waals surface area contributed by atoms with Crippen LogP contribution in [0, 0.1) is 6.92 Å². The van der Waals surface area contributed by atoms with Gasteiger partial charge >= 0.3 is 5.97 Å². The number of ether oxygens (including phenoxy) is 1. The summed E-state index contributed by atoms with van der Waals surface area (Å²) in [6, 6.07) is 5.77. The highest BCUT2D eigenvalue weighted by Gasteiger charge is 2.15. The van der Waals surface area contributed by atoms with Gasteiger partial charge < -0.3 is 10.1 Å². The van der Waals surface area contributed by atoms with Gasteiger partial charge in [0, 0.05) is 6.54 Å². The van der Waals surface area contributed by atoms with E-state index in [1.54, 1.807) is 0 Å². The Hall–Kier alpha value is -1.22. The van der Waals surface area contributed by atoms with Crippen LogP contribution in [0.25, 0.3) is 0 Å². The highest BCUT2D eigenvalue weighted by molar-refractivity contribution is 6.33. The van der Waals surface area contributed by atoms with E-state index in [9.17, 15) is 4.79 Å². The van der Waals surface area contributed by atoms with Crippen LogP contribution in [-0.4, -0.2) is 18.1 Å². The standard InChI is InChI=1S/C14H20ClNO2/c1-10-5-6-12(11(15)9-10)16-8-7-13(17)18-14(2,3)4/h5-6,9,16H,7-8H2,1-4H3. The van der Waals surface area contributed by atoms with E-state index in [2.05, 4.69) is 5.32 Å². The van der Waals surface area contributed by atoms with E-state index < -0.39 is 5.60 Å². The molecule has 0 atom stereocenters. The second-order valence-corrected chi connectivity index (χ2v) is 5.65. The van der Waals surface area contributed by atoms with Crippen LogP contribution >= 0.6 is 11.6 Å². The molecule has 0 bridgehead atoms. The molecule has 0 radical (unpaired) electrons. The smallest absolute Gasteiger partial charge is 0.308 e. The molecule has 0 aliphatic carbocycles. The second-order valence-electron chi connectivity index (χ2n) is 5.25. The molecule has 18 heavy (non-hydrogen) atoms. The third-order valence-corrected chi connectivity index (χ3v) is 2.50. The van der Waals surface area contributed by atoms with E-state index in [1.807, 2.05) is 45.9 Å². The predicted octanol–water partition coefficient (Wildman–Crippen LogP) is 3.79. The maximum atomic E-state index is 11.5. The first-order valence-corrected chi connectivity index (χ1v) is 6.37. The maximum Gasteiger partial charge on any atom is 0.308 e. The second kappa shape index (κ2) is 6.10. The van der Waals surface area contributed by atoms with E-state index >= 15 is 0 Å². The van der Waals surface area contributed by atoms with E-state index in [4.69, 9.17) is 16.3 Å². The third-order valence-electron chi connectivity index (χ3n) is 2.19. The molecule has 0 unspecified atom stereocenters. The van der Waals surface area contributed by atoms with Crippen molar-refractivity contribution in [2.75, 3.05) is 11.9 Å². The molecule has 1 N–H and O–H groups in total. The van der Waals surface area contributed by atoms with Gasteiger partial charge in [-0.1, -0.05) is 17.7 Å². The van der Waals surface area contributed by atoms with Gasteiger partial charge in [0.15, 0.2) is 0 Å². The Kier molecular flexibility index (Phi) is 5.03. The molecule has 0 saturated carbocycles. The SMILES string of the molecule is Cc1ccc(NCCC(=O)OC(C)(C)C)c(Cl)c1. The summed E-state index contributed by atoms with van der Waals surface area (Å²) in [4.78, 5) is 11.5. The summed E-state index contributed by atoms with van der Waals surface area (Å²) >= 11 is 6.07. The topological polar surface area (TPSA) is 38.3 Å². The molecule has 1 rings (SSSR count). The molecule has 100 valence electrons. The van der Waals surface area contributed by atoms with Gasteiger partial charge in [0.2, 0.25) is 0 Å². The molecule has 0 spiro atoms. The average molecular weight is 270 g/mol. The fourth-order valence-electron chi connectivity index (χ4n) is 1.46. The molecule has 0 saturated heterocycles. The Balaban J connectivity index is 2.40. The van der Waals surface area contributed by atoms with Crippen molar-refractivity contribution >= 4 is 23.3 Å². The number of nitrogens with one attached hydrogen (secondary N) is 1. The largest absolute Gasteiger partial charge is 0.460 e. The first-order valence-electron chi connectivity index (χ1n) is 6.00. The number of anilines is 1. The van der Waals surface area contributed by atoms with Crippen molar-refractivity contribution in [3.8, 4) is 0 Å². The number of aryl methyl sites for hydroxylation is 1. The van der Waals surface area contributed by atoms with Gasteiger partial charge in [0.25, 0.3) is 0 Å². The Morgan fingerprint density at radius 1 is 1.39 bits per heavy atom. The summed E-state index contributed by atoms with van der Waals surface area (Å²) in [6.45, 7) is 8.06. The lowest BCUT2D eigenvalue weighted by Gasteiger charge is -2.19. The maximum absolute atomic E-state index is 11.5. The first-order chi connectivity index (χ1) is 8.28. The van der Waals surface area contributed by atoms with Crippen molar-refractivity contribution < 1.29 is 9.53 Å². The first kappa shape index (κ1) is 14.8. The zero-order chi connectivity index (χ0) is 13.8. The van der Waals surface area contributed by atoms with Crippen molar-refractivity contribution in [3.05, 3.63) is 28.8 Å². The number of halogens is 1. The minimum Gasteiger partial charge on any atom is -0.460 e. The third kappa shape index (κ3) is 5.41. The highest BCUT2D eigenvalue weighted by Crippen LogP contribution is 2.22. The number of hydrogen-bond donors (Lipinski definition) is 1. The fourth-order valence-corrected chi connectivity index (χ4v) is 1.76. The molecule has 3 nitrogen and oxygen atoms in total. The van der Waals surface area contributed by atoms with Gasteiger partial charge in [0.05, 0.1) is 17.1 Å². The number of esters is 1. The molecule has 1 aromatic carbocycles. The van der Waals surface area contributed by atoms with Crippen LogP contribution in [0.2, 0.25) is 5.02 Å². The van der Waals surface area contributed by atoms with E-state index in [0.717, 1.165) is 11.3 Å². The van der Waals surface area contributed by atoms with Crippen LogP contribution in [0.4, 0.5) is 5.69 Å². The molecule has 0 aliphatic heterocycles. The number of hydrogen-bond acceptors (Lipinski definition) is 3. The van der Waals surface area contributed by atoms with Gasteiger partial charge in [0.1, 0.15) is 5.60 Å². The van der Waals surface area contributed by atoms with Crippen molar-refractivity contribution in [1.82, 2.24) is 0 Å². The summed E-state index contributed by atoms with van der Waals surface area (Å²) in [7, 11) is 0. The molecule has 0 heterocycles. The highest BCUT2D eigenvalue weighted by atomic mass is 35.5. The van der Waals surface area contributed by atoms with Gasteiger partial charge in [-0.05, 0) is 45.4 Å². The van der Waals surface area contributed by atoms with Gasteiger partial charge in [-0.15, -0.1) is 0 Å². The van der Waals surface area contributed by atoms with Crippen LogP contribution in [-0.2, 0) is 9.53 Å². The Morgan fingerprint density at radius 3 is 2.61 bits per heavy atom. The quantitative estimate of drug-likeness (QED) is 0.845. The van der Waals surface area contributed by atoms with E-state index in [0.29, 0.717) is 18.0 Å². The lowest BCUT2D eigenvalue weighted by molar-refractivity contribution is -0.154. The molecule has 1 aromatic rings. The van der Waals surface area contributed by atoms with Crippen LogP contribution in [0.1, 0.15) is 32.8 Å². The Morgan fingerprint density at radius 2 is 2.06 bits per heavy atom. The van der Waals surface area contributed by atoms with Gasteiger partial charge in [-0.2, -0.15) is 0 Å². The van der Waals surface area contributed by atoms with Crippen molar-refractivity contribution in [2.45, 2.75) is 39.7 Å². The zero-order valence-corrected chi connectivity index (χ0v) is 12.1. The lowest BCUT2D eigenvalue weighted by atomic mass is 10.2. The number of carbonyl (C=O) groups excluding carboxylic acids is 1. The summed E-state index contributed by atoms with van der Waals surface area (Å²) in [5.41, 5.74) is 1.52. The van der Waals surface area contributed by atoms with Crippen LogP contribution < -0.4 is 5.32 Å². The summed E-state index contributed by atoms with van der Waals surface area (Å²) in [5, 5.41) is 3.79. The molecular formula is C14H20ClNO2. The van der Waals surface area contributed by atoms with Gasteiger partial charge in [-0.3, -0.25) is 4.79 Å². The van der Waals surface area contributed by atoms with Crippen molar-refractivity contribution in [2.24, 2.45) is 0 Å². The summed E-state index contributed by atoms with van der Waals surface area (Å²) in [6.07, 6.45) is 0.321. The van der Waals surface area contributed by atoms with Crippen LogP contribution in [0.3, 0.4) is 0 Å². The van der Waals surface area contributed by atoms with Crippen LogP contribution in [0.5, 0.6) is 0 Å². The molecule has 0 aromatic heterocycles. The van der Waals surface area contributed by atoms with Crippen LogP contribution in [0.15, 0.2) is 18.2 Å². The Bertz CT molecular complexity index is 424.